The molecule has 0 radical (unpaired) electrons. The third-order valence-electron chi connectivity index (χ3n) is 1.61. The Morgan fingerprint density at radius 1 is 1.38 bits per heavy atom. The second kappa shape index (κ2) is 2.81. The van der Waals surface area contributed by atoms with Gasteiger partial charge in [-0.05, 0) is 6.07 Å². The highest BCUT2D eigenvalue weighted by atomic mass is 19.1. The number of H-pyrrole nitrogens is 1. The molecule has 0 bridgehead atoms. The van der Waals surface area contributed by atoms with Crippen molar-refractivity contribution in [2.24, 2.45) is 0 Å². The van der Waals surface area contributed by atoms with E-state index in [-0.39, 0.29) is 11.5 Å². The summed E-state index contributed by atoms with van der Waals surface area (Å²) in [5.41, 5.74) is 6.02. The number of nitrogen functional groups attached to an aromatic ring is 1. The first-order valence-electron chi connectivity index (χ1n) is 3.55. The highest BCUT2D eigenvalue weighted by Gasteiger charge is 2.11. The van der Waals surface area contributed by atoms with Crippen molar-refractivity contribution in [2.75, 3.05) is 5.73 Å². The maximum absolute atomic E-state index is 13.2. The van der Waals surface area contributed by atoms with Crippen LogP contribution in [0.15, 0.2) is 18.5 Å². The summed E-state index contributed by atoms with van der Waals surface area (Å²) in [6, 6.07) is 1.61. The average Bonchev–Trinajstić information content (AvgIpc) is 2.49. The van der Waals surface area contributed by atoms with Gasteiger partial charge in [-0.25, -0.2) is 4.39 Å². The Hall–Kier alpha value is -1.98. The average molecular weight is 179 g/mol. The number of hydrogen-bond acceptors (Lipinski definition) is 4. The van der Waals surface area contributed by atoms with Crippen molar-refractivity contribution in [3.63, 3.8) is 0 Å². The fourth-order valence-electron chi connectivity index (χ4n) is 0.972. The van der Waals surface area contributed by atoms with E-state index in [0.717, 1.165) is 0 Å². The van der Waals surface area contributed by atoms with Gasteiger partial charge in [0.15, 0.2) is 11.6 Å². The fraction of sp³-hybridized carbons (Fsp3) is 0. The minimum atomic E-state index is -0.562. The predicted octanol–water partition coefficient (Wildman–Crippen LogP) is 0.588. The molecule has 2 aromatic rings. The normalized spacial score (nSPS) is 10.2. The van der Waals surface area contributed by atoms with E-state index in [9.17, 15) is 4.39 Å². The van der Waals surface area contributed by atoms with Crippen molar-refractivity contribution in [3.05, 3.63) is 24.3 Å². The Bertz CT molecular complexity index is 410. The van der Waals surface area contributed by atoms with Crippen LogP contribution < -0.4 is 5.73 Å². The van der Waals surface area contributed by atoms with Crippen LogP contribution in [0.3, 0.4) is 0 Å². The first-order valence-corrected chi connectivity index (χ1v) is 3.55. The Labute approximate surface area is 72.8 Å². The van der Waals surface area contributed by atoms with Crippen LogP contribution in [0.5, 0.6) is 0 Å². The van der Waals surface area contributed by atoms with Gasteiger partial charge < -0.3 is 5.73 Å². The van der Waals surface area contributed by atoms with Crippen LogP contribution in [0.4, 0.5) is 10.2 Å². The summed E-state index contributed by atoms with van der Waals surface area (Å²) >= 11 is 0. The van der Waals surface area contributed by atoms with Crippen LogP contribution in [0.2, 0.25) is 0 Å². The number of hydrogen-bond donors (Lipinski definition) is 2. The number of rotatable bonds is 1. The van der Waals surface area contributed by atoms with E-state index in [1.165, 1.54) is 12.4 Å². The second-order valence-electron chi connectivity index (χ2n) is 2.43. The fourth-order valence-corrected chi connectivity index (χ4v) is 0.972. The van der Waals surface area contributed by atoms with Crippen molar-refractivity contribution in [3.8, 4) is 11.3 Å². The molecular formula is C7H6FN5. The molecule has 2 rings (SSSR count). The molecule has 0 atom stereocenters. The maximum Gasteiger partial charge on any atom is 0.192 e. The van der Waals surface area contributed by atoms with E-state index in [2.05, 4.69) is 20.4 Å². The molecule has 0 aliphatic heterocycles. The zero-order chi connectivity index (χ0) is 9.26. The number of nitrogens with two attached hydrogens (primary N) is 1. The highest BCUT2D eigenvalue weighted by Crippen LogP contribution is 2.21. The molecule has 5 nitrogen and oxygen atoms in total. The molecule has 2 heterocycles. The summed E-state index contributed by atoms with van der Waals surface area (Å²) in [4.78, 5) is 0. The van der Waals surface area contributed by atoms with Crippen molar-refractivity contribution in [1.29, 1.82) is 0 Å². The van der Waals surface area contributed by atoms with Crippen molar-refractivity contribution in [2.45, 2.75) is 0 Å². The molecule has 3 N–H and O–H groups in total. The smallest absolute Gasteiger partial charge is 0.192 e. The van der Waals surface area contributed by atoms with Crippen molar-refractivity contribution >= 4 is 5.82 Å². The molecule has 0 aliphatic rings. The molecule has 0 spiro atoms. The van der Waals surface area contributed by atoms with Crippen LogP contribution in [-0.4, -0.2) is 20.4 Å². The standard InChI is InChI=1S/C7H6FN5/c8-5-6(12-13-7(5)9)4-1-2-10-11-3-4/h1-3H,(H3,9,12,13). The number of aromatic nitrogens is 4. The summed E-state index contributed by atoms with van der Waals surface area (Å²) in [5.74, 6) is -0.709. The van der Waals surface area contributed by atoms with Crippen LogP contribution >= 0.6 is 0 Å². The van der Waals surface area contributed by atoms with Crippen molar-refractivity contribution in [1.82, 2.24) is 20.4 Å². The molecule has 66 valence electrons. The van der Waals surface area contributed by atoms with Gasteiger partial charge in [-0.1, -0.05) is 0 Å². The summed E-state index contributed by atoms with van der Waals surface area (Å²) in [6.45, 7) is 0. The van der Waals surface area contributed by atoms with Gasteiger partial charge in [-0.2, -0.15) is 15.3 Å². The molecule has 0 aliphatic carbocycles. The molecule has 13 heavy (non-hydrogen) atoms. The topological polar surface area (TPSA) is 80.5 Å². The van der Waals surface area contributed by atoms with E-state index in [1.54, 1.807) is 6.07 Å². The largest absolute Gasteiger partial charge is 0.380 e. The zero-order valence-electron chi connectivity index (χ0n) is 6.53. The van der Waals surface area contributed by atoms with Gasteiger partial charge in [0.05, 0.1) is 12.4 Å². The predicted molar refractivity (Wildman–Crippen MR) is 44.0 cm³/mol. The molecule has 0 unspecified atom stereocenters. The van der Waals surface area contributed by atoms with E-state index < -0.39 is 5.82 Å². The minimum Gasteiger partial charge on any atom is -0.380 e. The lowest BCUT2D eigenvalue weighted by atomic mass is 10.2. The Balaban J connectivity index is 2.53. The van der Waals surface area contributed by atoms with Gasteiger partial charge >= 0.3 is 0 Å². The van der Waals surface area contributed by atoms with E-state index in [1.807, 2.05) is 0 Å². The van der Waals surface area contributed by atoms with Crippen molar-refractivity contribution < 1.29 is 4.39 Å². The molecular weight excluding hydrogens is 173 g/mol. The first-order chi connectivity index (χ1) is 6.29. The Morgan fingerprint density at radius 3 is 2.77 bits per heavy atom. The van der Waals surface area contributed by atoms with Crippen LogP contribution in [0, 0.1) is 5.82 Å². The summed E-state index contributed by atoms with van der Waals surface area (Å²) in [6.07, 6.45) is 2.89. The maximum atomic E-state index is 13.2. The highest BCUT2D eigenvalue weighted by molar-refractivity contribution is 5.61. The number of nitrogens with zero attached hydrogens (tertiary/aromatic N) is 3. The lowest BCUT2D eigenvalue weighted by molar-refractivity contribution is 0.636. The van der Waals surface area contributed by atoms with Crippen LogP contribution in [0.1, 0.15) is 0 Å². The molecule has 0 aromatic carbocycles. The summed E-state index contributed by atoms with van der Waals surface area (Å²) in [7, 11) is 0. The third kappa shape index (κ3) is 1.22. The van der Waals surface area contributed by atoms with Crippen LogP contribution in [-0.2, 0) is 0 Å². The van der Waals surface area contributed by atoms with Gasteiger partial charge in [-0.15, -0.1) is 0 Å². The van der Waals surface area contributed by atoms with E-state index in [4.69, 9.17) is 5.73 Å². The summed E-state index contributed by atoms with van der Waals surface area (Å²) in [5, 5.41) is 13.2. The number of halogens is 1. The van der Waals surface area contributed by atoms with E-state index in [0.29, 0.717) is 5.56 Å². The zero-order valence-corrected chi connectivity index (χ0v) is 6.53. The van der Waals surface area contributed by atoms with Gasteiger partial charge in [0.2, 0.25) is 0 Å². The molecule has 0 fully saturated rings. The molecule has 0 saturated carbocycles. The monoisotopic (exact) mass is 179 g/mol. The minimum absolute atomic E-state index is 0.146. The molecule has 6 heteroatoms. The third-order valence-corrected chi connectivity index (χ3v) is 1.61. The molecule has 0 amide bonds. The lowest BCUT2D eigenvalue weighted by Gasteiger charge is -1.93. The lowest BCUT2D eigenvalue weighted by Crippen LogP contribution is -1.88. The Morgan fingerprint density at radius 2 is 2.23 bits per heavy atom. The van der Waals surface area contributed by atoms with Gasteiger partial charge in [0.1, 0.15) is 5.69 Å². The number of anilines is 1. The van der Waals surface area contributed by atoms with E-state index >= 15 is 0 Å². The summed E-state index contributed by atoms with van der Waals surface area (Å²) < 4.78 is 13.2. The Kier molecular flexibility index (Phi) is 1.66. The van der Waals surface area contributed by atoms with Gasteiger partial charge in [0.25, 0.3) is 0 Å². The molecule has 2 aromatic heterocycles. The quantitative estimate of drug-likeness (QED) is 0.671. The number of aromatic amines is 1. The van der Waals surface area contributed by atoms with Crippen LogP contribution in [0.25, 0.3) is 11.3 Å². The SMILES string of the molecule is Nc1n[nH]c(-c2ccnnc2)c1F. The number of nitrogens with one attached hydrogen (secondary N) is 1. The molecule has 0 saturated heterocycles. The van der Waals surface area contributed by atoms with Gasteiger partial charge in [0, 0.05) is 5.56 Å². The second-order valence-corrected chi connectivity index (χ2v) is 2.43. The first kappa shape index (κ1) is 7.66. The van der Waals surface area contributed by atoms with Gasteiger partial charge in [-0.3, -0.25) is 5.10 Å².